The molecule has 1 aromatic heterocycles. The number of aromatic nitrogens is 1. The Bertz CT molecular complexity index is 958. The number of ether oxygens (including phenoxy) is 1. The van der Waals surface area contributed by atoms with E-state index in [0.717, 1.165) is 60.9 Å². The molecule has 0 spiro atoms. The molecule has 2 atom stereocenters. The summed E-state index contributed by atoms with van der Waals surface area (Å²) in [6.07, 6.45) is 2.40. The molecule has 6 heteroatoms. The van der Waals surface area contributed by atoms with Crippen LogP contribution in [0, 0.1) is 5.92 Å². The van der Waals surface area contributed by atoms with E-state index in [9.17, 15) is 0 Å². The Hall–Kier alpha value is -2.24. The summed E-state index contributed by atoms with van der Waals surface area (Å²) in [7, 11) is 0. The van der Waals surface area contributed by atoms with E-state index < -0.39 is 0 Å². The topological polar surface area (TPSA) is 41.7 Å². The third kappa shape index (κ3) is 3.94. The van der Waals surface area contributed by atoms with Crippen LogP contribution in [0.5, 0.6) is 5.75 Å². The van der Waals surface area contributed by atoms with Crippen molar-refractivity contribution in [3.63, 3.8) is 0 Å². The number of alkyl halides is 1. The quantitative estimate of drug-likeness (QED) is 0.576. The zero-order chi connectivity index (χ0) is 19.6. The molecule has 0 unspecified atom stereocenters. The molecule has 152 valence electrons. The second kappa shape index (κ2) is 8.25. The highest BCUT2D eigenvalue weighted by atomic mass is 35.5. The van der Waals surface area contributed by atoms with Gasteiger partial charge in [0.2, 0.25) is 0 Å². The maximum atomic E-state index is 6.05. The van der Waals surface area contributed by atoms with Crippen LogP contribution in [0.15, 0.2) is 53.1 Å². The smallest absolute Gasteiger partial charge is 0.180 e. The van der Waals surface area contributed by atoms with E-state index in [1.54, 1.807) is 0 Å². The minimum Gasteiger partial charge on any atom is -0.493 e. The predicted octanol–water partition coefficient (Wildman–Crippen LogP) is 4.55. The molecule has 0 radical (unpaired) electrons. The van der Waals surface area contributed by atoms with E-state index in [1.807, 2.05) is 42.5 Å². The molecule has 3 heterocycles. The Morgan fingerprint density at radius 3 is 2.76 bits per heavy atom. The van der Waals surface area contributed by atoms with Crippen LogP contribution in [0.1, 0.15) is 18.4 Å². The molecule has 5 nitrogen and oxygen atoms in total. The second-order valence-corrected chi connectivity index (χ2v) is 8.40. The van der Waals surface area contributed by atoms with Crippen molar-refractivity contribution in [3.05, 3.63) is 54.1 Å². The van der Waals surface area contributed by atoms with Gasteiger partial charge in [-0.1, -0.05) is 29.4 Å². The van der Waals surface area contributed by atoms with Gasteiger partial charge in [0.05, 0.1) is 12.0 Å². The van der Waals surface area contributed by atoms with Crippen LogP contribution in [-0.4, -0.2) is 48.9 Å². The van der Waals surface area contributed by atoms with Crippen LogP contribution in [0.2, 0.25) is 0 Å². The normalized spacial score (nSPS) is 22.6. The molecule has 5 rings (SSSR count). The van der Waals surface area contributed by atoms with Gasteiger partial charge in [-0.15, -0.1) is 11.6 Å². The first kappa shape index (κ1) is 18.8. The standard InChI is InChI=1S/C23H26ClN3O2/c24-13-17-6-9-20(10-7-17)28-16-18-5-8-19-15-27(12-11-26(19)14-18)23-21-3-1-2-4-22(21)29-25-23/h1-4,6-7,9-10,18-19H,5,8,11-16H2/t18-,19+/m1/s1. The molecule has 2 aliphatic heterocycles. The molecule has 0 N–H and O–H groups in total. The van der Waals surface area contributed by atoms with Crippen LogP contribution in [-0.2, 0) is 5.88 Å². The molecular formula is C23H26ClN3O2. The van der Waals surface area contributed by atoms with Gasteiger partial charge in [-0.05, 0) is 42.7 Å². The summed E-state index contributed by atoms with van der Waals surface area (Å²) in [5, 5.41) is 5.47. The van der Waals surface area contributed by atoms with Crippen molar-refractivity contribution in [1.82, 2.24) is 10.1 Å². The molecule has 0 aliphatic carbocycles. The fourth-order valence-electron chi connectivity index (χ4n) is 4.58. The van der Waals surface area contributed by atoms with Crippen molar-refractivity contribution in [1.29, 1.82) is 0 Å². The molecule has 2 aliphatic rings. The lowest BCUT2D eigenvalue weighted by Crippen LogP contribution is -2.57. The fourth-order valence-corrected chi connectivity index (χ4v) is 4.75. The van der Waals surface area contributed by atoms with Gasteiger partial charge in [-0.2, -0.15) is 0 Å². The summed E-state index contributed by atoms with van der Waals surface area (Å²) in [6, 6.07) is 16.8. The Labute approximate surface area is 176 Å². The number of piperidine rings is 1. The molecule has 2 aromatic carbocycles. The highest BCUT2D eigenvalue weighted by molar-refractivity contribution is 6.17. The summed E-state index contributed by atoms with van der Waals surface area (Å²) < 4.78 is 11.6. The van der Waals surface area contributed by atoms with Crippen molar-refractivity contribution in [2.75, 3.05) is 37.7 Å². The average molecular weight is 412 g/mol. The third-order valence-corrected chi connectivity index (χ3v) is 6.54. The van der Waals surface area contributed by atoms with Gasteiger partial charge < -0.3 is 14.2 Å². The monoisotopic (exact) mass is 411 g/mol. The number of hydrogen-bond donors (Lipinski definition) is 0. The van der Waals surface area contributed by atoms with Gasteiger partial charge in [0, 0.05) is 44.0 Å². The fraction of sp³-hybridized carbons (Fsp3) is 0.435. The Kier molecular flexibility index (Phi) is 5.34. The van der Waals surface area contributed by atoms with Crippen molar-refractivity contribution < 1.29 is 9.26 Å². The average Bonchev–Trinajstić information content (AvgIpc) is 3.22. The van der Waals surface area contributed by atoms with Gasteiger partial charge >= 0.3 is 0 Å². The zero-order valence-electron chi connectivity index (χ0n) is 16.5. The lowest BCUT2D eigenvalue weighted by atomic mass is 9.91. The highest BCUT2D eigenvalue weighted by Crippen LogP contribution is 2.31. The van der Waals surface area contributed by atoms with Crippen molar-refractivity contribution >= 4 is 28.4 Å². The van der Waals surface area contributed by atoms with Gasteiger partial charge in [0.15, 0.2) is 11.4 Å². The number of benzene rings is 2. The third-order valence-electron chi connectivity index (χ3n) is 6.23. The summed E-state index contributed by atoms with van der Waals surface area (Å²) in [5.74, 6) is 3.05. The van der Waals surface area contributed by atoms with Gasteiger partial charge in [0.25, 0.3) is 0 Å². The highest BCUT2D eigenvalue weighted by Gasteiger charge is 2.34. The summed E-state index contributed by atoms with van der Waals surface area (Å²) in [4.78, 5) is 5.02. The van der Waals surface area contributed by atoms with Crippen molar-refractivity contribution in [2.45, 2.75) is 24.8 Å². The number of hydrogen-bond acceptors (Lipinski definition) is 5. The summed E-state index contributed by atoms with van der Waals surface area (Å²) in [6.45, 7) is 4.95. The van der Waals surface area contributed by atoms with Gasteiger partial charge in [-0.3, -0.25) is 4.90 Å². The summed E-state index contributed by atoms with van der Waals surface area (Å²) >= 11 is 5.86. The van der Waals surface area contributed by atoms with Gasteiger partial charge in [-0.25, -0.2) is 0 Å². The van der Waals surface area contributed by atoms with Crippen LogP contribution < -0.4 is 9.64 Å². The zero-order valence-corrected chi connectivity index (χ0v) is 17.2. The molecule has 2 saturated heterocycles. The molecule has 0 amide bonds. The Morgan fingerprint density at radius 2 is 1.90 bits per heavy atom. The number of para-hydroxylation sites is 1. The lowest BCUT2D eigenvalue weighted by molar-refractivity contribution is 0.0727. The number of fused-ring (bicyclic) bond motifs is 2. The van der Waals surface area contributed by atoms with Crippen LogP contribution in [0.25, 0.3) is 11.0 Å². The molecule has 2 fully saturated rings. The first-order chi connectivity index (χ1) is 14.3. The molecule has 0 saturated carbocycles. The predicted molar refractivity (Wildman–Crippen MR) is 116 cm³/mol. The van der Waals surface area contributed by atoms with E-state index in [4.69, 9.17) is 20.9 Å². The number of nitrogens with zero attached hydrogens (tertiary/aromatic N) is 3. The summed E-state index contributed by atoms with van der Waals surface area (Å²) in [5.41, 5.74) is 1.99. The lowest BCUT2D eigenvalue weighted by Gasteiger charge is -2.46. The van der Waals surface area contributed by atoms with E-state index in [1.165, 1.54) is 12.8 Å². The SMILES string of the molecule is ClCc1ccc(OC[C@@H]2CC[C@H]3CN(c4noc5ccccc45)CCN3C2)cc1. The molecule has 0 bridgehead atoms. The van der Waals surface area contributed by atoms with Crippen LogP contribution >= 0.6 is 11.6 Å². The number of anilines is 1. The number of piperazine rings is 1. The van der Waals surface area contributed by atoms with Crippen molar-refractivity contribution in [3.8, 4) is 5.75 Å². The number of rotatable bonds is 5. The van der Waals surface area contributed by atoms with Gasteiger partial charge in [0.1, 0.15) is 5.75 Å². The Balaban J connectivity index is 1.17. The molecular weight excluding hydrogens is 386 g/mol. The Morgan fingerprint density at radius 1 is 1.03 bits per heavy atom. The first-order valence-electron chi connectivity index (χ1n) is 10.4. The minimum atomic E-state index is 0.542. The van der Waals surface area contributed by atoms with Crippen LogP contribution in [0.4, 0.5) is 5.82 Å². The van der Waals surface area contributed by atoms with E-state index in [0.29, 0.717) is 17.8 Å². The maximum Gasteiger partial charge on any atom is 0.180 e. The van der Waals surface area contributed by atoms with Crippen LogP contribution in [0.3, 0.4) is 0 Å². The first-order valence-corrected chi connectivity index (χ1v) is 10.9. The molecule has 3 aromatic rings. The maximum absolute atomic E-state index is 6.05. The van der Waals surface area contributed by atoms with E-state index >= 15 is 0 Å². The largest absolute Gasteiger partial charge is 0.493 e. The van der Waals surface area contributed by atoms with Crippen molar-refractivity contribution in [2.24, 2.45) is 5.92 Å². The second-order valence-electron chi connectivity index (χ2n) is 8.13. The number of halogens is 1. The minimum absolute atomic E-state index is 0.542. The van der Waals surface area contributed by atoms with E-state index in [2.05, 4.69) is 21.0 Å². The molecule has 29 heavy (non-hydrogen) atoms. The van der Waals surface area contributed by atoms with E-state index in [-0.39, 0.29) is 0 Å².